The van der Waals surface area contributed by atoms with Gasteiger partial charge in [-0.2, -0.15) is 0 Å². The minimum Gasteiger partial charge on any atom is -0.491 e. The third kappa shape index (κ3) is 2.10. The van der Waals surface area contributed by atoms with Crippen molar-refractivity contribution in [2.24, 2.45) is 0 Å². The lowest BCUT2D eigenvalue weighted by molar-refractivity contribution is 0.263. The maximum Gasteiger partial charge on any atom is 0.339 e. The molecule has 1 aliphatic heterocycles. The normalized spacial score (nSPS) is 20.7. The van der Waals surface area contributed by atoms with Crippen molar-refractivity contribution >= 4 is 11.0 Å². The molecule has 1 aromatic heterocycles. The van der Waals surface area contributed by atoms with E-state index in [4.69, 9.17) is 13.9 Å². The maximum atomic E-state index is 12.0. The van der Waals surface area contributed by atoms with Crippen molar-refractivity contribution in [2.75, 3.05) is 13.2 Å². The van der Waals surface area contributed by atoms with Gasteiger partial charge in [-0.3, -0.25) is 0 Å². The standard InChI is InChI=1S/C16H16O4/c17-16-14-4-2-1-3-12(14)13-6-5-10(7-15(13)20-16)18-8-11-9-19-11/h5-7,11H,1-4,8-9H2. The molecule has 1 fully saturated rings. The smallest absolute Gasteiger partial charge is 0.339 e. The van der Waals surface area contributed by atoms with Gasteiger partial charge in [0.05, 0.1) is 6.61 Å². The van der Waals surface area contributed by atoms with Crippen molar-refractivity contribution in [1.82, 2.24) is 0 Å². The average Bonchev–Trinajstić information content (AvgIpc) is 3.29. The molecule has 2 aromatic rings. The van der Waals surface area contributed by atoms with Crippen molar-refractivity contribution in [2.45, 2.75) is 31.8 Å². The molecule has 20 heavy (non-hydrogen) atoms. The summed E-state index contributed by atoms with van der Waals surface area (Å²) < 4.78 is 16.2. The Morgan fingerprint density at radius 2 is 2.00 bits per heavy atom. The first-order valence-electron chi connectivity index (χ1n) is 7.14. The van der Waals surface area contributed by atoms with Gasteiger partial charge in [0, 0.05) is 17.0 Å². The summed E-state index contributed by atoms with van der Waals surface area (Å²) in [6.45, 7) is 1.33. The third-order valence-corrected chi connectivity index (χ3v) is 4.03. The lowest BCUT2D eigenvalue weighted by Crippen LogP contribution is -2.15. The van der Waals surface area contributed by atoms with Crippen molar-refractivity contribution < 1.29 is 13.9 Å². The van der Waals surface area contributed by atoms with E-state index in [2.05, 4.69) is 0 Å². The Labute approximate surface area is 116 Å². The van der Waals surface area contributed by atoms with Crippen LogP contribution in [0.15, 0.2) is 27.4 Å². The molecule has 0 radical (unpaired) electrons. The zero-order valence-electron chi connectivity index (χ0n) is 11.2. The number of aryl methyl sites for hydroxylation is 1. The minimum atomic E-state index is -0.185. The molecule has 1 unspecified atom stereocenters. The molecule has 0 amide bonds. The Hall–Kier alpha value is -1.81. The molecule has 2 heterocycles. The van der Waals surface area contributed by atoms with E-state index in [1.165, 1.54) is 5.56 Å². The summed E-state index contributed by atoms with van der Waals surface area (Å²) >= 11 is 0. The van der Waals surface area contributed by atoms with Crippen molar-refractivity contribution in [3.8, 4) is 5.75 Å². The number of ether oxygens (including phenoxy) is 2. The molecule has 4 nitrogen and oxygen atoms in total. The van der Waals surface area contributed by atoms with Crippen LogP contribution in [-0.4, -0.2) is 19.3 Å². The molecule has 1 saturated heterocycles. The number of hydrogen-bond donors (Lipinski definition) is 0. The molecule has 0 saturated carbocycles. The fraction of sp³-hybridized carbons (Fsp3) is 0.438. The molecule has 0 N–H and O–H groups in total. The van der Waals surface area contributed by atoms with Crippen LogP contribution in [0.2, 0.25) is 0 Å². The van der Waals surface area contributed by atoms with Gasteiger partial charge in [-0.1, -0.05) is 0 Å². The number of epoxide rings is 1. The quantitative estimate of drug-likeness (QED) is 0.636. The SMILES string of the molecule is O=c1oc2cc(OCC3CO3)ccc2c2c1CCCC2. The third-order valence-electron chi connectivity index (χ3n) is 4.03. The van der Waals surface area contributed by atoms with Gasteiger partial charge in [0.15, 0.2) is 0 Å². The molecule has 2 aliphatic rings. The van der Waals surface area contributed by atoms with Gasteiger partial charge in [0.1, 0.15) is 24.0 Å². The first-order valence-corrected chi connectivity index (χ1v) is 7.14. The highest BCUT2D eigenvalue weighted by molar-refractivity contribution is 5.82. The van der Waals surface area contributed by atoms with Crippen LogP contribution in [0, 0.1) is 0 Å². The number of hydrogen-bond acceptors (Lipinski definition) is 4. The Morgan fingerprint density at radius 1 is 1.20 bits per heavy atom. The number of rotatable bonds is 3. The Balaban J connectivity index is 1.76. The van der Waals surface area contributed by atoms with Gasteiger partial charge < -0.3 is 13.9 Å². The summed E-state index contributed by atoms with van der Waals surface area (Å²) in [6.07, 6.45) is 4.24. The van der Waals surface area contributed by atoms with E-state index >= 15 is 0 Å². The van der Waals surface area contributed by atoms with Gasteiger partial charge in [-0.25, -0.2) is 4.79 Å². The van der Waals surface area contributed by atoms with E-state index in [9.17, 15) is 4.79 Å². The van der Waals surface area contributed by atoms with Gasteiger partial charge in [0.2, 0.25) is 0 Å². The minimum absolute atomic E-state index is 0.185. The Kier molecular flexibility index (Phi) is 2.77. The highest BCUT2D eigenvalue weighted by Crippen LogP contribution is 2.29. The van der Waals surface area contributed by atoms with Gasteiger partial charge in [-0.15, -0.1) is 0 Å². The topological polar surface area (TPSA) is 52.0 Å². The monoisotopic (exact) mass is 272 g/mol. The molecule has 4 heteroatoms. The molecule has 0 spiro atoms. The maximum absolute atomic E-state index is 12.0. The lowest BCUT2D eigenvalue weighted by Gasteiger charge is -2.16. The van der Waals surface area contributed by atoms with E-state index in [0.29, 0.717) is 12.2 Å². The van der Waals surface area contributed by atoms with E-state index in [1.807, 2.05) is 18.2 Å². The summed E-state index contributed by atoms with van der Waals surface area (Å²) in [4.78, 5) is 12.0. The van der Waals surface area contributed by atoms with Crippen LogP contribution in [0.1, 0.15) is 24.0 Å². The van der Waals surface area contributed by atoms with Crippen molar-refractivity contribution in [3.63, 3.8) is 0 Å². The van der Waals surface area contributed by atoms with Crippen LogP contribution in [-0.2, 0) is 17.6 Å². The molecule has 104 valence electrons. The van der Waals surface area contributed by atoms with Gasteiger partial charge in [-0.05, 0) is 43.4 Å². The fourth-order valence-corrected chi connectivity index (χ4v) is 2.87. The second kappa shape index (κ2) is 4.63. The van der Waals surface area contributed by atoms with Gasteiger partial charge in [0.25, 0.3) is 0 Å². The average molecular weight is 272 g/mol. The number of benzene rings is 1. The second-order valence-electron chi connectivity index (χ2n) is 5.48. The Bertz CT molecular complexity index is 712. The largest absolute Gasteiger partial charge is 0.491 e. The summed E-state index contributed by atoms with van der Waals surface area (Å²) in [7, 11) is 0. The van der Waals surface area contributed by atoms with Crippen LogP contribution < -0.4 is 10.4 Å². The zero-order valence-corrected chi connectivity index (χ0v) is 11.2. The molecular formula is C16H16O4. The molecule has 1 aromatic carbocycles. The van der Waals surface area contributed by atoms with E-state index < -0.39 is 0 Å². The molecular weight excluding hydrogens is 256 g/mol. The van der Waals surface area contributed by atoms with Crippen LogP contribution in [0.5, 0.6) is 5.75 Å². The van der Waals surface area contributed by atoms with E-state index in [1.54, 1.807) is 0 Å². The highest BCUT2D eigenvalue weighted by atomic mass is 16.6. The lowest BCUT2D eigenvalue weighted by atomic mass is 9.91. The predicted octanol–water partition coefficient (Wildman–Crippen LogP) is 2.45. The molecule has 1 atom stereocenters. The second-order valence-corrected chi connectivity index (χ2v) is 5.48. The number of fused-ring (bicyclic) bond motifs is 3. The van der Waals surface area contributed by atoms with Crippen molar-refractivity contribution in [3.05, 3.63) is 39.7 Å². The van der Waals surface area contributed by atoms with E-state index in [0.717, 1.165) is 49.0 Å². The summed E-state index contributed by atoms with van der Waals surface area (Å²) in [5, 5.41) is 1.05. The molecule has 1 aliphatic carbocycles. The summed E-state index contributed by atoms with van der Waals surface area (Å²) in [6, 6.07) is 5.76. The summed E-state index contributed by atoms with van der Waals surface area (Å²) in [5.41, 5.74) is 2.48. The predicted molar refractivity (Wildman–Crippen MR) is 74.4 cm³/mol. The first-order chi connectivity index (χ1) is 9.81. The Morgan fingerprint density at radius 3 is 2.80 bits per heavy atom. The molecule has 0 bridgehead atoms. The van der Waals surface area contributed by atoms with Crippen molar-refractivity contribution in [1.29, 1.82) is 0 Å². The van der Waals surface area contributed by atoms with Crippen LogP contribution in [0.3, 0.4) is 0 Å². The molecule has 4 rings (SSSR count). The van der Waals surface area contributed by atoms with E-state index in [-0.39, 0.29) is 11.7 Å². The van der Waals surface area contributed by atoms with Crippen LogP contribution in [0.4, 0.5) is 0 Å². The zero-order chi connectivity index (χ0) is 13.5. The highest BCUT2D eigenvalue weighted by Gasteiger charge is 2.23. The van der Waals surface area contributed by atoms with Crippen LogP contribution in [0.25, 0.3) is 11.0 Å². The summed E-state index contributed by atoms with van der Waals surface area (Å²) in [5.74, 6) is 0.729. The fourth-order valence-electron chi connectivity index (χ4n) is 2.87. The van der Waals surface area contributed by atoms with Gasteiger partial charge >= 0.3 is 5.63 Å². The first kappa shape index (κ1) is 12.0. The van der Waals surface area contributed by atoms with Crippen LogP contribution >= 0.6 is 0 Å².